The third-order valence-corrected chi connectivity index (χ3v) is 15.1. The molecule has 3 unspecified atom stereocenters. The molecule has 360 valence electrons. The van der Waals surface area contributed by atoms with Gasteiger partial charge in [0.15, 0.2) is 19.8 Å². The van der Waals surface area contributed by atoms with E-state index >= 15 is 0 Å². The first-order valence-corrected chi connectivity index (χ1v) is 24.9. The van der Waals surface area contributed by atoms with Crippen LogP contribution in [0.15, 0.2) is 127 Å². The molecule has 2 saturated heterocycles. The maximum Gasteiger partial charge on any atom is 0.502 e. The van der Waals surface area contributed by atoms with Gasteiger partial charge in [0.1, 0.15) is 40.5 Å². The largest absolute Gasteiger partial charge is 0.502 e. The normalized spacial score (nSPS) is 20.1. The number of anilines is 4. The van der Waals surface area contributed by atoms with E-state index in [2.05, 4.69) is 36.6 Å². The second-order valence-corrected chi connectivity index (χ2v) is 19.7. The number of fused-ring (bicyclic) bond motifs is 15. The van der Waals surface area contributed by atoms with Gasteiger partial charge in [0.25, 0.3) is 29.5 Å². The predicted molar refractivity (Wildman–Crippen MR) is 266 cm³/mol. The van der Waals surface area contributed by atoms with E-state index in [-0.39, 0.29) is 58.5 Å². The topological polar surface area (TPSA) is 227 Å². The van der Waals surface area contributed by atoms with E-state index in [4.69, 9.17) is 27.5 Å². The summed E-state index contributed by atoms with van der Waals surface area (Å²) in [5, 5.41) is 17.2. The molecule has 0 radical (unpaired) electrons. The molecule has 19 heteroatoms. The van der Waals surface area contributed by atoms with Crippen LogP contribution in [0.25, 0.3) is 32.7 Å². The third-order valence-electron chi connectivity index (χ3n) is 12.0. The smallest absolute Gasteiger partial charge is 0.484 e. The number of hydrogen-bond donors (Lipinski definition) is 5. The quantitative estimate of drug-likeness (QED) is 0.0779. The zero-order valence-corrected chi connectivity index (χ0v) is 39.5. The molecule has 71 heavy (non-hydrogen) atoms. The van der Waals surface area contributed by atoms with Crippen LogP contribution in [0.5, 0.6) is 17.2 Å². The van der Waals surface area contributed by atoms with Crippen LogP contribution in [0.4, 0.5) is 23.3 Å². The van der Waals surface area contributed by atoms with E-state index < -0.39 is 58.2 Å². The van der Waals surface area contributed by atoms with Crippen LogP contribution < -0.4 is 40.8 Å². The Kier molecular flexibility index (Phi) is 13.1. The highest BCUT2D eigenvalue weighted by molar-refractivity contribution is 6.62. The van der Waals surface area contributed by atoms with Gasteiger partial charge in [-0.05, 0) is 96.4 Å². The second-order valence-electron chi connectivity index (χ2n) is 17.1. The third kappa shape index (κ3) is 10.4. The van der Waals surface area contributed by atoms with E-state index in [0.29, 0.717) is 41.6 Å². The van der Waals surface area contributed by atoms with Crippen LogP contribution in [0.1, 0.15) is 41.0 Å². The fraction of sp³-hybridized carbons (Fsp3) is 0.212. The SMILES string of the molecule is CC1O[Si]2(CCCNC(=O)COc3cc4cc(c3)C(=O)Nc3cccc(n3)NC(=O)COc3ccc5ccccc5c3-c3c(ccc5ccccc35)OCC(=O)Nc3cccc(n3)NC4=O)OC1[C@@H](C)O2. The number of ether oxygens (including phenoxy) is 3. The van der Waals surface area contributed by atoms with Crippen molar-refractivity contribution in [2.45, 2.75) is 44.6 Å². The summed E-state index contributed by atoms with van der Waals surface area (Å²) in [6.07, 6.45) is 0.398. The lowest BCUT2D eigenvalue weighted by Crippen LogP contribution is -2.44. The molecule has 0 saturated carbocycles. The van der Waals surface area contributed by atoms with E-state index in [1.54, 1.807) is 36.4 Å². The summed E-state index contributed by atoms with van der Waals surface area (Å²) in [6.45, 7) is 2.97. The molecule has 7 aromatic rings. The molecular weight excluding hydrogens is 927 g/mol. The van der Waals surface area contributed by atoms with Crippen LogP contribution in [-0.2, 0) is 27.7 Å². The van der Waals surface area contributed by atoms with Crippen LogP contribution in [0, 0.1) is 0 Å². The average molecular weight is 974 g/mol. The Morgan fingerprint density at radius 1 is 0.620 bits per heavy atom. The number of carbonyl (C=O) groups is 5. The highest BCUT2D eigenvalue weighted by Gasteiger charge is 2.60. The van der Waals surface area contributed by atoms with Crippen molar-refractivity contribution < 1.29 is 51.5 Å². The minimum absolute atomic E-state index is 0.0174. The Morgan fingerprint density at radius 2 is 1.11 bits per heavy atom. The average Bonchev–Trinajstić information content (AvgIpc) is 3.88. The summed E-state index contributed by atoms with van der Waals surface area (Å²) in [4.78, 5) is 76.8. The highest BCUT2D eigenvalue weighted by Crippen LogP contribution is 2.46. The molecule has 10 rings (SSSR count). The van der Waals surface area contributed by atoms with Gasteiger partial charge in [0.2, 0.25) is 0 Å². The molecule has 4 atom stereocenters. The van der Waals surface area contributed by atoms with Gasteiger partial charge in [-0.2, -0.15) is 0 Å². The number of carbonyl (C=O) groups excluding carboxylic acids is 5. The maximum absolute atomic E-state index is 13.9. The molecule has 18 nitrogen and oxygen atoms in total. The highest BCUT2D eigenvalue weighted by atomic mass is 28.4. The second kappa shape index (κ2) is 20.0. The van der Waals surface area contributed by atoms with Gasteiger partial charge in [0, 0.05) is 34.8 Å². The fourth-order valence-electron chi connectivity index (χ4n) is 8.85. The van der Waals surface area contributed by atoms with Crippen LogP contribution in [-0.4, -0.2) is 93.0 Å². The number of hydrogen-bond acceptors (Lipinski definition) is 13. The number of benzene rings is 5. The van der Waals surface area contributed by atoms with Crippen molar-refractivity contribution in [3.05, 3.63) is 139 Å². The molecule has 0 aliphatic carbocycles. The van der Waals surface area contributed by atoms with Gasteiger partial charge < -0.3 is 54.1 Å². The first-order valence-electron chi connectivity index (χ1n) is 23.0. The van der Waals surface area contributed by atoms with Crippen molar-refractivity contribution in [2.75, 3.05) is 47.6 Å². The van der Waals surface area contributed by atoms with Gasteiger partial charge in [-0.15, -0.1) is 0 Å². The standard InChI is InChI=1S/C52H47N7O11Si/c1-30-50-31(2)69-71(68-30,70-50)23-9-22-53-45(60)27-65-36-25-34-24-35(26-36)52(64)59-44-17-8-15-42(55-44)57-47(62)29-67-40-21-19-33-11-4-6-13-38(33)49(40)48-37-12-5-3-10-32(37)18-20-39(48)66-28-46(61)56-41-14-7-16-43(54-41)58-51(34)63/h3-8,10-21,24-26,30-31,50H,9,22-23,27-29H2,1-2H3,(H,53,60)(H2,54,56,58,61,63)(H2,55,57,59,62,64)/t30-,31?,50?,71?/m1/s1. The summed E-state index contributed by atoms with van der Waals surface area (Å²) in [5.41, 5.74) is 1.26. The molecule has 5 aromatic carbocycles. The molecule has 5 heterocycles. The van der Waals surface area contributed by atoms with Crippen molar-refractivity contribution in [2.24, 2.45) is 0 Å². The minimum Gasteiger partial charge on any atom is -0.484 e. The molecule has 2 aromatic heterocycles. The monoisotopic (exact) mass is 973 g/mol. The van der Waals surface area contributed by atoms with Gasteiger partial charge >= 0.3 is 8.80 Å². The summed E-state index contributed by atoms with van der Waals surface area (Å²) in [5.74, 6) is -1.68. The number of aromatic nitrogens is 2. The minimum atomic E-state index is -2.77. The summed E-state index contributed by atoms with van der Waals surface area (Å²) < 4.78 is 36.6. The summed E-state index contributed by atoms with van der Waals surface area (Å²) in [7, 11) is -2.77. The molecule has 3 aliphatic heterocycles. The van der Waals surface area contributed by atoms with E-state index in [9.17, 15) is 24.0 Å². The molecule has 5 amide bonds. The first-order chi connectivity index (χ1) is 34.5. The zero-order valence-electron chi connectivity index (χ0n) is 38.5. The van der Waals surface area contributed by atoms with Crippen molar-refractivity contribution in [1.82, 2.24) is 15.3 Å². The maximum atomic E-state index is 13.9. The lowest BCUT2D eigenvalue weighted by molar-refractivity contribution is -0.123. The Hall–Kier alpha value is -8.23. The van der Waals surface area contributed by atoms with Crippen LogP contribution in [0.2, 0.25) is 6.04 Å². The Bertz CT molecular complexity index is 3050. The van der Waals surface area contributed by atoms with Crippen LogP contribution in [0.3, 0.4) is 0 Å². The van der Waals surface area contributed by atoms with E-state index in [0.717, 1.165) is 21.5 Å². The Balaban J connectivity index is 0.919. The van der Waals surface area contributed by atoms with E-state index in [1.165, 1.54) is 30.3 Å². The van der Waals surface area contributed by atoms with Crippen molar-refractivity contribution in [3.8, 4) is 28.4 Å². The molecule has 8 bridgehead atoms. The molecule has 0 spiro atoms. The summed E-state index contributed by atoms with van der Waals surface area (Å²) >= 11 is 0. The molecule has 3 aliphatic rings. The van der Waals surface area contributed by atoms with Crippen molar-refractivity contribution >= 4 is 83.2 Å². The number of rotatable bonds is 7. The first kappa shape index (κ1) is 46.5. The Morgan fingerprint density at radius 3 is 1.62 bits per heavy atom. The Labute approximate surface area is 407 Å². The van der Waals surface area contributed by atoms with Gasteiger partial charge in [-0.1, -0.05) is 72.8 Å². The van der Waals surface area contributed by atoms with Gasteiger partial charge in [0.05, 0.1) is 18.3 Å². The lowest BCUT2D eigenvalue weighted by Gasteiger charge is -2.26. The number of nitrogens with zero attached hydrogens (tertiary/aromatic N) is 2. The zero-order chi connectivity index (χ0) is 49.1. The number of amides is 5. The van der Waals surface area contributed by atoms with Crippen molar-refractivity contribution in [3.63, 3.8) is 0 Å². The number of nitrogens with one attached hydrogen (secondary N) is 5. The molecule has 5 N–H and O–H groups in total. The fourth-order valence-corrected chi connectivity index (χ4v) is 12.2. The number of pyridine rings is 2. The predicted octanol–water partition coefficient (Wildman–Crippen LogP) is 7.35. The van der Waals surface area contributed by atoms with E-state index in [1.807, 2.05) is 74.5 Å². The van der Waals surface area contributed by atoms with Gasteiger partial charge in [-0.3, -0.25) is 24.0 Å². The van der Waals surface area contributed by atoms with Crippen LogP contribution >= 0.6 is 0 Å². The lowest BCUT2D eigenvalue weighted by atomic mass is 9.92. The van der Waals surface area contributed by atoms with Gasteiger partial charge in [-0.25, -0.2) is 9.97 Å². The molecule has 2 fully saturated rings. The molecular formula is C52H47N7O11Si. The summed E-state index contributed by atoms with van der Waals surface area (Å²) in [6, 6.07) is 36.9. The van der Waals surface area contributed by atoms with Crippen molar-refractivity contribution in [1.29, 1.82) is 0 Å².